The average molecular weight is 352 g/mol. The molecule has 0 radical (unpaired) electrons. The Labute approximate surface area is 154 Å². The number of primary amides is 1. The SMILES string of the molecule is C=C(C)COc1ccc(C(=O)N(CCC(N)=O)Cc2ccccc2)cc1. The molecule has 2 rings (SSSR count). The number of hydrogen-bond acceptors (Lipinski definition) is 3. The van der Waals surface area contributed by atoms with Crippen LogP contribution in [-0.2, 0) is 11.3 Å². The van der Waals surface area contributed by atoms with Gasteiger partial charge in [-0.05, 0) is 42.3 Å². The lowest BCUT2D eigenvalue weighted by molar-refractivity contribution is -0.118. The molecule has 0 atom stereocenters. The molecule has 0 spiro atoms. The Morgan fingerprint density at radius 1 is 1.08 bits per heavy atom. The molecule has 2 aromatic carbocycles. The topological polar surface area (TPSA) is 72.6 Å². The zero-order valence-corrected chi connectivity index (χ0v) is 15.0. The highest BCUT2D eigenvalue weighted by molar-refractivity contribution is 5.94. The maximum Gasteiger partial charge on any atom is 0.254 e. The van der Waals surface area contributed by atoms with E-state index >= 15 is 0 Å². The molecule has 0 aliphatic carbocycles. The van der Waals surface area contributed by atoms with E-state index in [0.717, 1.165) is 11.1 Å². The van der Waals surface area contributed by atoms with Crippen LogP contribution in [0, 0.1) is 0 Å². The summed E-state index contributed by atoms with van der Waals surface area (Å²) in [5.41, 5.74) is 7.70. The molecule has 5 nitrogen and oxygen atoms in total. The minimum Gasteiger partial charge on any atom is -0.489 e. The molecule has 26 heavy (non-hydrogen) atoms. The average Bonchev–Trinajstić information content (AvgIpc) is 2.64. The van der Waals surface area contributed by atoms with E-state index in [0.29, 0.717) is 24.5 Å². The summed E-state index contributed by atoms with van der Waals surface area (Å²) in [5.74, 6) is 0.0947. The van der Waals surface area contributed by atoms with Gasteiger partial charge in [-0.3, -0.25) is 9.59 Å². The van der Waals surface area contributed by atoms with Gasteiger partial charge in [0.2, 0.25) is 5.91 Å². The number of rotatable bonds is 9. The quantitative estimate of drug-likeness (QED) is 0.705. The van der Waals surface area contributed by atoms with E-state index in [-0.39, 0.29) is 18.9 Å². The van der Waals surface area contributed by atoms with Crippen LogP contribution in [-0.4, -0.2) is 29.9 Å². The predicted molar refractivity (Wildman–Crippen MR) is 102 cm³/mol. The lowest BCUT2D eigenvalue weighted by atomic mass is 10.1. The number of hydrogen-bond donors (Lipinski definition) is 1. The van der Waals surface area contributed by atoms with Gasteiger partial charge in [-0.15, -0.1) is 0 Å². The summed E-state index contributed by atoms with van der Waals surface area (Å²) < 4.78 is 5.55. The Bertz CT molecular complexity index is 755. The van der Waals surface area contributed by atoms with Crippen LogP contribution in [0.25, 0.3) is 0 Å². The van der Waals surface area contributed by atoms with Gasteiger partial charge in [0.25, 0.3) is 5.91 Å². The third-order valence-corrected chi connectivity index (χ3v) is 3.72. The molecule has 2 amide bonds. The van der Waals surface area contributed by atoms with Crippen molar-refractivity contribution >= 4 is 11.8 Å². The number of nitrogens with zero attached hydrogens (tertiary/aromatic N) is 1. The fourth-order valence-corrected chi connectivity index (χ4v) is 2.38. The van der Waals surface area contributed by atoms with Crippen molar-refractivity contribution in [2.45, 2.75) is 19.9 Å². The molecular weight excluding hydrogens is 328 g/mol. The van der Waals surface area contributed by atoms with Crippen molar-refractivity contribution < 1.29 is 14.3 Å². The van der Waals surface area contributed by atoms with Crippen LogP contribution >= 0.6 is 0 Å². The molecule has 0 aliphatic heterocycles. The summed E-state index contributed by atoms with van der Waals surface area (Å²) >= 11 is 0. The maximum absolute atomic E-state index is 12.9. The van der Waals surface area contributed by atoms with Crippen molar-refractivity contribution in [3.05, 3.63) is 77.9 Å². The third-order valence-electron chi connectivity index (χ3n) is 3.72. The fourth-order valence-electron chi connectivity index (χ4n) is 2.38. The summed E-state index contributed by atoms with van der Waals surface area (Å²) in [6, 6.07) is 16.6. The van der Waals surface area contributed by atoms with E-state index < -0.39 is 5.91 Å². The molecule has 2 aromatic rings. The summed E-state index contributed by atoms with van der Waals surface area (Å²) in [4.78, 5) is 25.6. The number of nitrogens with two attached hydrogens (primary N) is 1. The van der Waals surface area contributed by atoms with Gasteiger partial charge in [-0.1, -0.05) is 36.9 Å². The second kappa shape index (κ2) is 9.42. The van der Waals surface area contributed by atoms with Gasteiger partial charge in [0.15, 0.2) is 0 Å². The van der Waals surface area contributed by atoms with Crippen molar-refractivity contribution in [2.75, 3.05) is 13.2 Å². The van der Waals surface area contributed by atoms with Gasteiger partial charge in [0, 0.05) is 25.1 Å². The molecule has 0 heterocycles. The van der Waals surface area contributed by atoms with Crippen LogP contribution in [0.5, 0.6) is 5.75 Å². The van der Waals surface area contributed by atoms with E-state index in [4.69, 9.17) is 10.5 Å². The highest BCUT2D eigenvalue weighted by Crippen LogP contribution is 2.16. The molecule has 0 saturated heterocycles. The van der Waals surface area contributed by atoms with Gasteiger partial charge in [-0.2, -0.15) is 0 Å². The molecule has 0 unspecified atom stereocenters. The number of carbonyl (C=O) groups excluding carboxylic acids is 2. The number of carbonyl (C=O) groups is 2. The van der Waals surface area contributed by atoms with E-state index in [9.17, 15) is 9.59 Å². The molecule has 0 saturated carbocycles. The van der Waals surface area contributed by atoms with E-state index in [1.165, 1.54) is 0 Å². The standard InChI is InChI=1S/C21H24N2O3/c1-16(2)15-26-19-10-8-18(9-11-19)21(25)23(13-12-20(22)24)14-17-6-4-3-5-7-17/h3-11H,1,12-15H2,2H3,(H2,22,24). The number of ether oxygens (including phenoxy) is 1. The fraction of sp³-hybridized carbons (Fsp3) is 0.238. The molecule has 0 fully saturated rings. The van der Waals surface area contributed by atoms with Gasteiger partial charge in [0.05, 0.1) is 0 Å². The number of amides is 2. The zero-order chi connectivity index (χ0) is 18.9. The van der Waals surface area contributed by atoms with Crippen LogP contribution in [0.2, 0.25) is 0 Å². The first-order valence-electron chi connectivity index (χ1n) is 8.44. The van der Waals surface area contributed by atoms with Gasteiger partial charge in [0.1, 0.15) is 12.4 Å². The van der Waals surface area contributed by atoms with Gasteiger partial charge < -0.3 is 15.4 Å². The highest BCUT2D eigenvalue weighted by atomic mass is 16.5. The minimum atomic E-state index is -0.431. The van der Waals surface area contributed by atoms with Gasteiger partial charge in [-0.25, -0.2) is 0 Å². The summed E-state index contributed by atoms with van der Waals surface area (Å²) in [7, 11) is 0. The molecule has 0 bridgehead atoms. The first-order valence-corrected chi connectivity index (χ1v) is 8.44. The largest absolute Gasteiger partial charge is 0.489 e. The van der Waals surface area contributed by atoms with E-state index in [2.05, 4.69) is 6.58 Å². The molecule has 136 valence electrons. The maximum atomic E-state index is 12.9. The Hall–Kier alpha value is -3.08. The molecule has 0 aromatic heterocycles. The molecule has 2 N–H and O–H groups in total. The Morgan fingerprint density at radius 2 is 1.73 bits per heavy atom. The smallest absolute Gasteiger partial charge is 0.254 e. The predicted octanol–water partition coefficient (Wildman–Crippen LogP) is 3.16. The lowest BCUT2D eigenvalue weighted by Gasteiger charge is -2.22. The summed E-state index contributed by atoms with van der Waals surface area (Å²) in [6.45, 7) is 6.81. The second-order valence-electron chi connectivity index (χ2n) is 6.20. The number of benzene rings is 2. The first kappa shape index (κ1) is 19.2. The molecule has 0 aliphatic rings. The van der Waals surface area contributed by atoms with Crippen LogP contribution in [0.15, 0.2) is 66.7 Å². The van der Waals surface area contributed by atoms with E-state index in [1.54, 1.807) is 29.2 Å². The van der Waals surface area contributed by atoms with Crippen LogP contribution < -0.4 is 10.5 Å². The zero-order valence-electron chi connectivity index (χ0n) is 15.0. The summed E-state index contributed by atoms with van der Waals surface area (Å²) in [6.07, 6.45) is 0.123. The molecule has 5 heteroatoms. The third kappa shape index (κ3) is 6.09. The Balaban J connectivity index is 2.11. The van der Waals surface area contributed by atoms with Crippen molar-refractivity contribution in [1.29, 1.82) is 0 Å². The van der Waals surface area contributed by atoms with Crippen molar-refractivity contribution in [1.82, 2.24) is 4.90 Å². The van der Waals surface area contributed by atoms with Crippen LogP contribution in [0.1, 0.15) is 29.3 Å². The van der Waals surface area contributed by atoms with Crippen molar-refractivity contribution in [2.24, 2.45) is 5.73 Å². The second-order valence-corrected chi connectivity index (χ2v) is 6.20. The summed E-state index contributed by atoms with van der Waals surface area (Å²) in [5, 5.41) is 0. The minimum absolute atomic E-state index is 0.123. The molecular formula is C21H24N2O3. The van der Waals surface area contributed by atoms with Crippen molar-refractivity contribution in [3.63, 3.8) is 0 Å². The monoisotopic (exact) mass is 352 g/mol. The highest BCUT2D eigenvalue weighted by Gasteiger charge is 2.17. The van der Waals surface area contributed by atoms with Crippen LogP contribution in [0.4, 0.5) is 0 Å². The Morgan fingerprint density at radius 3 is 2.31 bits per heavy atom. The Kier molecular flexibility index (Phi) is 6.97. The van der Waals surface area contributed by atoms with Gasteiger partial charge >= 0.3 is 0 Å². The van der Waals surface area contributed by atoms with Crippen LogP contribution in [0.3, 0.4) is 0 Å². The van der Waals surface area contributed by atoms with Crippen molar-refractivity contribution in [3.8, 4) is 5.75 Å². The lowest BCUT2D eigenvalue weighted by Crippen LogP contribution is -2.33. The van der Waals surface area contributed by atoms with E-state index in [1.807, 2.05) is 37.3 Å². The first-order chi connectivity index (χ1) is 12.5. The normalized spacial score (nSPS) is 10.2.